The maximum atomic E-state index is 5.59. The molecule has 1 N–H and O–H groups in total. The van der Waals surface area contributed by atoms with Crippen LogP contribution in [0.2, 0.25) is 0 Å². The highest BCUT2D eigenvalue weighted by Crippen LogP contribution is 2.11. The lowest BCUT2D eigenvalue weighted by molar-refractivity contribution is 0.0310. The second-order valence-electron chi connectivity index (χ2n) is 5.07. The number of furan rings is 1. The number of hydrogen-bond donors (Lipinski definition) is 1. The molecule has 0 aliphatic heterocycles. The van der Waals surface area contributed by atoms with Crippen LogP contribution in [0.3, 0.4) is 0 Å². The topological polar surface area (TPSA) is 43.6 Å². The van der Waals surface area contributed by atoms with Crippen LogP contribution < -0.4 is 5.32 Å². The van der Waals surface area contributed by atoms with Crippen LogP contribution >= 0.6 is 0 Å². The molecule has 0 atom stereocenters. The molecule has 0 amide bonds. The third kappa shape index (κ3) is 7.35. The van der Waals surface area contributed by atoms with Crippen LogP contribution in [0.15, 0.2) is 16.7 Å². The van der Waals surface area contributed by atoms with Crippen LogP contribution in [0, 0.1) is 5.92 Å². The average molecular weight is 269 g/mol. The summed E-state index contributed by atoms with van der Waals surface area (Å²) in [6, 6.07) is 1.97. The number of ether oxygens (including phenoxy) is 2. The van der Waals surface area contributed by atoms with Gasteiger partial charge >= 0.3 is 0 Å². The van der Waals surface area contributed by atoms with Gasteiger partial charge in [0.2, 0.25) is 0 Å². The van der Waals surface area contributed by atoms with E-state index < -0.39 is 0 Å². The zero-order valence-corrected chi connectivity index (χ0v) is 12.4. The Balaban J connectivity index is 2.13. The molecule has 4 heteroatoms. The summed E-state index contributed by atoms with van der Waals surface area (Å²) in [4.78, 5) is 0. The van der Waals surface area contributed by atoms with Crippen LogP contribution in [0.1, 0.15) is 38.5 Å². The first-order chi connectivity index (χ1) is 9.24. The van der Waals surface area contributed by atoms with Gasteiger partial charge in [-0.3, -0.25) is 0 Å². The molecule has 1 rings (SSSR count). The molecule has 0 bridgehead atoms. The molecule has 0 fully saturated rings. The van der Waals surface area contributed by atoms with E-state index in [-0.39, 0.29) is 0 Å². The highest BCUT2D eigenvalue weighted by Gasteiger charge is 2.05. The van der Waals surface area contributed by atoms with E-state index >= 15 is 0 Å². The van der Waals surface area contributed by atoms with E-state index in [9.17, 15) is 0 Å². The van der Waals surface area contributed by atoms with Crippen molar-refractivity contribution in [3.05, 3.63) is 23.7 Å². The van der Waals surface area contributed by atoms with Crippen LogP contribution in [-0.4, -0.2) is 26.4 Å². The van der Waals surface area contributed by atoms with E-state index in [1.54, 1.807) is 6.26 Å². The fourth-order valence-corrected chi connectivity index (χ4v) is 1.65. The van der Waals surface area contributed by atoms with Crippen molar-refractivity contribution < 1.29 is 13.9 Å². The summed E-state index contributed by atoms with van der Waals surface area (Å²) in [5.41, 5.74) is 1.12. The van der Waals surface area contributed by atoms with Crippen molar-refractivity contribution in [2.75, 3.05) is 26.4 Å². The number of nitrogens with one attached hydrogen (secondary N) is 1. The Bertz CT molecular complexity index is 323. The van der Waals surface area contributed by atoms with Gasteiger partial charge in [-0.25, -0.2) is 0 Å². The van der Waals surface area contributed by atoms with E-state index in [0.717, 1.165) is 37.4 Å². The summed E-state index contributed by atoms with van der Waals surface area (Å²) in [7, 11) is 0. The Kier molecular flexibility index (Phi) is 8.54. The van der Waals surface area contributed by atoms with Crippen molar-refractivity contribution in [3.8, 4) is 0 Å². The standard InChI is InChI=1S/C15H27NO3/c1-4-6-16-10-15-14(5-7-19-15)12-18-9-8-17-11-13(2)3/h5,7,13,16H,4,6,8-12H2,1-3H3. The van der Waals surface area contributed by atoms with Crippen molar-refractivity contribution >= 4 is 0 Å². The summed E-state index contributed by atoms with van der Waals surface area (Å²) in [6.07, 6.45) is 2.84. The maximum absolute atomic E-state index is 5.59. The molecule has 4 nitrogen and oxygen atoms in total. The molecule has 0 saturated carbocycles. The van der Waals surface area contributed by atoms with Gasteiger partial charge in [0.05, 0.1) is 32.6 Å². The Morgan fingerprint density at radius 1 is 1.26 bits per heavy atom. The van der Waals surface area contributed by atoms with Crippen molar-refractivity contribution in [2.24, 2.45) is 5.92 Å². The summed E-state index contributed by atoms with van der Waals surface area (Å²) < 4.78 is 16.5. The highest BCUT2D eigenvalue weighted by atomic mass is 16.5. The second kappa shape index (κ2) is 10.0. The molecule has 1 heterocycles. The van der Waals surface area contributed by atoms with Crippen LogP contribution in [-0.2, 0) is 22.6 Å². The van der Waals surface area contributed by atoms with Crippen LogP contribution in [0.25, 0.3) is 0 Å². The Labute approximate surface area is 116 Å². The second-order valence-corrected chi connectivity index (χ2v) is 5.07. The van der Waals surface area contributed by atoms with E-state index in [2.05, 4.69) is 26.1 Å². The minimum atomic E-state index is 0.574. The normalized spacial score (nSPS) is 11.4. The summed E-state index contributed by atoms with van der Waals surface area (Å²) in [6.45, 7) is 10.9. The molecule has 110 valence electrons. The zero-order chi connectivity index (χ0) is 13.9. The molecular formula is C15H27NO3. The van der Waals surface area contributed by atoms with Crippen molar-refractivity contribution in [2.45, 2.75) is 40.3 Å². The first-order valence-corrected chi connectivity index (χ1v) is 7.15. The van der Waals surface area contributed by atoms with Crippen LogP contribution in [0.5, 0.6) is 0 Å². The third-order valence-electron chi connectivity index (χ3n) is 2.63. The average Bonchev–Trinajstić information content (AvgIpc) is 2.81. The van der Waals surface area contributed by atoms with Gasteiger partial charge in [0.1, 0.15) is 5.76 Å². The highest BCUT2D eigenvalue weighted by molar-refractivity contribution is 5.15. The Morgan fingerprint density at radius 3 is 2.79 bits per heavy atom. The van der Waals surface area contributed by atoms with Gasteiger partial charge in [-0.1, -0.05) is 20.8 Å². The third-order valence-corrected chi connectivity index (χ3v) is 2.63. The van der Waals surface area contributed by atoms with E-state index in [1.165, 1.54) is 0 Å². The molecule has 0 aliphatic carbocycles. The predicted molar refractivity (Wildman–Crippen MR) is 76.0 cm³/mol. The molecule has 0 unspecified atom stereocenters. The lowest BCUT2D eigenvalue weighted by Gasteiger charge is -2.08. The van der Waals surface area contributed by atoms with Gasteiger partial charge in [-0.2, -0.15) is 0 Å². The molecule has 0 spiro atoms. The van der Waals surface area contributed by atoms with Gasteiger partial charge in [0, 0.05) is 12.2 Å². The first kappa shape index (κ1) is 16.2. The van der Waals surface area contributed by atoms with E-state index in [4.69, 9.17) is 13.9 Å². The van der Waals surface area contributed by atoms with Gasteiger partial charge in [0.15, 0.2) is 0 Å². The molecule has 0 aromatic carbocycles. The smallest absolute Gasteiger partial charge is 0.123 e. The number of rotatable bonds is 11. The number of hydrogen-bond acceptors (Lipinski definition) is 4. The lowest BCUT2D eigenvalue weighted by Crippen LogP contribution is -2.14. The molecule has 1 aromatic heterocycles. The summed E-state index contributed by atoms with van der Waals surface area (Å²) in [5, 5.41) is 3.33. The quantitative estimate of drug-likeness (QED) is 0.627. The fourth-order valence-electron chi connectivity index (χ4n) is 1.65. The Hall–Kier alpha value is -0.840. The largest absolute Gasteiger partial charge is 0.468 e. The van der Waals surface area contributed by atoms with Gasteiger partial charge < -0.3 is 19.2 Å². The minimum Gasteiger partial charge on any atom is -0.468 e. The molecule has 0 aliphatic rings. The first-order valence-electron chi connectivity index (χ1n) is 7.15. The van der Waals surface area contributed by atoms with Gasteiger partial charge in [0.25, 0.3) is 0 Å². The summed E-state index contributed by atoms with van der Waals surface area (Å²) >= 11 is 0. The molecule has 1 aromatic rings. The van der Waals surface area contributed by atoms with Gasteiger partial charge in [-0.15, -0.1) is 0 Å². The summed E-state index contributed by atoms with van der Waals surface area (Å²) in [5.74, 6) is 1.54. The van der Waals surface area contributed by atoms with Crippen molar-refractivity contribution in [1.29, 1.82) is 0 Å². The molecular weight excluding hydrogens is 242 g/mol. The maximum Gasteiger partial charge on any atom is 0.123 e. The lowest BCUT2D eigenvalue weighted by atomic mass is 10.2. The van der Waals surface area contributed by atoms with Gasteiger partial charge in [-0.05, 0) is 24.9 Å². The fraction of sp³-hybridized carbons (Fsp3) is 0.733. The van der Waals surface area contributed by atoms with E-state index in [1.807, 2.05) is 6.07 Å². The van der Waals surface area contributed by atoms with E-state index in [0.29, 0.717) is 25.7 Å². The predicted octanol–water partition coefficient (Wildman–Crippen LogP) is 2.97. The molecule has 0 radical (unpaired) electrons. The molecule has 0 saturated heterocycles. The Morgan fingerprint density at radius 2 is 2.05 bits per heavy atom. The van der Waals surface area contributed by atoms with Crippen molar-refractivity contribution in [3.63, 3.8) is 0 Å². The SMILES string of the molecule is CCCNCc1occc1COCCOCC(C)C. The zero-order valence-electron chi connectivity index (χ0n) is 12.4. The van der Waals surface area contributed by atoms with Crippen molar-refractivity contribution in [1.82, 2.24) is 5.32 Å². The molecule has 19 heavy (non-hydrogen) atoms. The minimum absolute atomic E-state index is 0.574. The van der Waals surface area contributed by atoms with Crippen LogP contribution in [0.4, 0.5) is 0 Å². The monoisotopic (exact) mass is 269 g/mol.